The van der Waals surface area contributed by atoms with Crippen LogP contribution in [0, 0.1) is 0 Å². The predicted octanol–water partition coefficient (Wildman–Crippen LogP) is 7.02. The minimum atomic E-state index is 0.0255. The van der Waals surface area contributed by atoms with Crippen LogP contribution < -0.4 is 0 Å². The summed E-state index contributed by atoms with van der Waals surface area (Å²) in [6, 6.07) is 3.78. The van der Waals surface area contributed by atoms with Gasteiger partial charge in [0.05, 0.1) is 22.3 Å². The van der Waals surface area contributed by atoms with Crippen molar-refractivity contribution in [2.45, 2.75) is 4.83 Å². The van der Waals surface area contributed by atoms with Gasteiger partial charge >= 0.3 is 0 Å². The summed E-state index contributed by atoms with van der Waals surface area (Å²) in [5.41, 5.74) is 0.974. The summed E-state index contributed by atoms with van der Waals surface area (Å²) in [7, 11) is 0. The molecule has 2 aromatic heterocycles. The van der Waals surface area contributed by atoms with Crippen molar-refractivity contribution in [3.05, 3.63) is 40.1 Å². The molecule has 0 aliphatic heterocycles. The number of hydrogen-bond donors (Lipinski definition) is 0. The second-order valence-corrected chi connectivity index (χ2v) is 8.92. The largest absolute Gasteiger partial charge is 0.130 e. The SMILES string of the molecule is Clc1cc(C(Br)c2cc(Cl)c(Br)s2)c(Cl)s1. The number of alkyl halides is 1. The lowest BCUT2D eigenvalue weighted by atomic mass is 10.2. The number of thiophene rings is 2. The fourth-order valence-corrected chi connectivity index (χ4v) is 5.50. The van der Waals surface area contributed by atoms with Gasteiger partial charge in [-0.25, -0.2) is 0 Å². The zero-order chi connectivity index (χ0) is 11.9. The van der Waals surface area contributed by atoms with Crippen molar-refractivity contribution in [3.63, 3.8) is 0 Å². The highest BCUT2D eigenvalue weighted by atomic mass is 79.9. The van der Waals surface area contributed by atoms with Crippen LogP contribution in [0.25, 0.3) is 0 Å². The van der Waals surface area contributed by atoms with Crippen LogP contribution in [0.5, 0.6) is 0 Å². The molecule has 0 nitrogen and oxygen atoms in total. The highest BCUT2D eigenvalue weighted by Crippen LogP contribution is 2.45. The lowest BCUT2D eigenvalue weighted by Gasteiger charge is -2.05. The smallest absolute Gasteiger partial charge is 0.0991 e. The van der Waals surface area contributed by atoms with Crippen molar-refractivity contribution in [3.8, 4) is 0 Å². The fraction of sp³-hybridized carbons (Fsp3) is 0.111. The Kier molecular flexibility index (Phi) is 4.67. The standard InChI is InChI=1S/C9H3Br2Cl3S2/c10-7(3-1-6(13)16-9(3)14)5-2-4(12)8(11)15-5/h1-2,7H. The van der Waals surface area contributed by atoms with E-state index in [1.165, 1.54) is 11.3 Å². The number of rotatable bonds is 2. The highest BCUT2D eigenvalue weighted by Gasteiger charge is 2.19. The molecule has 0 bridgehead atoms. The van der Waals surface area contributed by atoms with Gasteiger partial charge < -0.3 is 0 Å². The lowest BCUT2D eigenvalue weighted by Crippen LogP contribution is -1.86. The van der Waals surface area contributed by atoms with Crippen molar-refractivity contribution in [2.75, 3.05) is 0 Å². The summed E-state index contributed by atoms with van der Waals surface area (Å²) in [6.45, 7) is 0. The Balaban J connectivity index is 2.38. The van der Waals surface area contributed by atoms with Crippen LogP contribution >= 0.6 is 89.3 Å². The zero-order valence-corrected chi connectivity index (χ0v) is 14.5. The van der Waals surface area contributed by atoms with Crippen LogP contribution in [0.15, 0.2) is 15.9 Å². The first-order chi connectivity index (χ1) is 7.49. The van der Waals surface area contributed by atoms with E-state index in [1.807, 2.05) is 12.1 Å². The Morgan fingerprint density at radius 1 is 1.12 bits per heavy atom. The van der Waals surface area contributed by atoms with Gasteiger partial charge in [0.15, 0.2) is 0 Å². The van der Waals surface area contributed by atoms with E-state index < -0.39 is 0 Å². The average Bonchev–Trinajstić information content (AvgIpc) is 2.70. The molecule has 2 aromatic rings. The lowest BCUT2D eigenvalue weighted by molar-refractivity contribution is 1.25. The van der Waals surface area contributed by atoms with Gasteiger partial charge in [-0.3, -0.25) is 0 Å². The number of halogens is 5. The van der Waals surface area contributed by atoms with Crippen LogP contribution in [0.4, 0.5) is 0 Å². The Morgan fingerprint density at radius 3 is 2.25 bits per heavy atom. The second-order valence-electron chi connectivity index (χ2n) is 2.91. The van der Waals surface area contributed by atoms with Crippen LogP contribution in [-0.2, 0) is 0 Å². The van der Waals surface area contributed by atoms with Crippen molar-refractivity contribution in [1.29, 1.82) is 0 Å². The van der Waals surface area contributed by atoms with Gasteiger partial charge in [-0.15, -0.1) is 22.7 Å². The van der Waals surface area contributed by atoms with Gasteiger partial charge in [0, 0.05) is 10.4 Å². The summed E-state index contributed by atoms with van der Waals surface area (Å²) in [6.07, 6.45) is 0. The minimum absolute atomic E-state index is 0.0255. The Hall–Kier alpha value is 1.23. The van der Waals surface area contributed by atoms with Gasteiger partial charge in [-0.1, -0.05) is 50.7 Å². The Bertz CT molecular complexity index is 501. The minimum Gasteiger partial charge on any atom is -0.130 e. The molecular formula is C9H3Br2Cl3S2. The average molecular weight is 441 g/mol. The molecule has 86 valence electrons. The van der Waals surface area contributed by atoms with Gasteiger partial charge in [-0.05, 0) is 28.1 Å². The molecule has 16 heavy (non-hydrogen) atoms. The molecule has 0 saturated heterocycles. The van der Waals surface area contributed by atoms with Crippen molar-refractivity contribution >= 4 is 89.3 Å². The van der Waals surface area contributed by atoms with Crippen molar-refractivity contribution in [1.82, 2.24) is 0 Å². The molecule has 0 aromatic carbocycles. The van der Waals surface area contributed by atoms with E-state index in [1.54, 1.807) is 11.3 Å². The van der Waals surface area contributed by atoms with Crippen molar-refractivity contribution < 1.29 is 0 Å². The monoisotopic (exact) mass is 438 g/mol. The second kappa shape index (κ2) is 5.47. The fourth-order valence-electron chi connectivity index (χ4n) is 1.17. The molecule has 1 unspecified atom stereocenters. The summed E-state index contributed by atoms with van der Waals surface area (Å²) in [5, 5.41) is 0.710. The van der Waals surface area contributed by atoms with Crippen molar-refractivity contribution in [2.24, 2.45) is 0 Å². The maximum atomic E-state index is 6.10. The molecule has 1 atom stereocenters. The molecule has 0 N–H and O–H groups in total. The normalized spacial score (nSPS) is 13.1. The van der Waals surface area contributed by atoms with Gasteiger partial charge in [0.1, 0.15) is 0 Å². The highest BCUT2D eigenvalue weighted by molar-refractivity contribution is 9.11. The zero-order valence-electron chi connectivity index (χ0n) is 7.44. The van der Waals surface area contributed by atoms with E-state index in [9.17, 15) is 0 Å². The third kappa shape index (κ3) is 2.79. The maximum absolute atomic E-state index is 6.10. The molecule has 0 fully saturated rings. The van der Waals surface area contributed by atoms with E-state index >= 15 is 0 Å². The molecule has 0 aliphatic carbocycles. The van der Waals surface area contributed by atoms with E-state index in [4.69, 9.17) is 34.8 Å². The summed E-state index contributed by atoms with van der Waals surface area (Å²) in [4.78, 5) is 1.12. The van der Waals surface area contributed by atoms with Gasteiger partial charge in [0.2, 0.25) is 0 Å². The molecule has 7 heteroatoms. The number of hydrogen-bond acceptors (Lipinski definition) is 2. The Labute approximate surface area is 133 Å². The third-order valence-electron chi connectivity index (χ3n) is 1.87. The molecular weight excluding hydrogens is 438 g/mol. The first-order valence-electron chi connectivity index (χ1n) is 4.02. The molecule has 2 rings (SSSR count). The summed E-state index contributed by atoms with van der Waals surface area (Å²) < 4.78 is 2.31. The van der Waals surface area contributed by atoms with E-state index in [-0.39, 0.29) is 4.83 Å². The van der Waals surface area contributed by atoms with Crippen LogP contribution in [-0.4, -0.2) is 0 Å². The molecule has 0 amide bonds. The molecule has 0 aliphatic rings. The molecule has 0 radical (unpaired) electrons. The van der Waals surface area contributed by atoms with Gasteiger partial charge in [0.25, 0.3) is 0 Å². The Morgan fingerprint density at radius 2 is 1.81 bits per heavy atom. The van der Waals surface area contributed by atoms with E-state index in [0.29, 0.717) is 13.7 Å². The predicted molar refractivity (Wildman–Crippen MR) is 82.1 cm³/mol. The quantitative estimate of drug-likeness (QED) is 0.440. The molecule has 2 heterocycles. The molecule has 0 spiro atoms. The summed E-state index contributed by atoms with van der Waals surface area (Å²) >= 11 is 27.9. The van der Waals surface area contributed by atoms with E-state index in [2.05, 4.69) is 31.9 Å². The molecule has 0 saturated carbocycles. The van der Waals surface area contributed by atoms with Gasteiger partial charge in [-0.2, -0.15) is 0 Å². The first kappa shape index (κ1) is 13.7. The maximum Gasteiger partial charge on any atom is 0.0991 e. The van der Waals surface area contributed by atoms with Crippen LogP contribution in [0.3, 0.4) is 0 Å². The van der Waals surface area contributed by atoms with Crippen LogP contribution in [0.2, 0.25) is 13.7 Å². The van der Waals surface area contributed by atoms with E-state index in [0.717, 1.165) is 14.2 Å². The topological polar surface area (TPSA) is 0 Å². The summed E-state index contributed by atoms with van der Waals surface area (Å²) in [5.74, 6) is 0. The first-order valence-corrected chi connectivity index (χ1v) is 8.50. The van der Waals surface area contributed by atoms with Crippen LogP contribution in [0.1, 0.15) is 15.3 Å². The third-order valence-corrected chi connectivity index (χ3v) is 7.22.